The molecule has 0 heterocycles. The summed E-state index contributed by atoms with van der Waals surface area (Å²) in [7, 11) is 0. The first-order valence-electron chi connectivity index (χ1n) is 3.94. The fourth-order valence-electron chi connectivity index (χ4n) is 0.820. The summed E-state index contributed by atoms with van der Waals surface area (Å²) in [6, 6.07) is 9.55. The van der Waals surface area contributed by atoms with E-state index in [4.69, 9.17) is 10.8 Å². The maximum atomic E-state index is 6.95. The van der Waals surface area contributed by atoms with Gasteiger partial charge in [-0.05, 0) is 12.1 Å². The summed E-state index contributed by atoms with van der Waals surface area (Å²) in [6.07, 6.45) is 2.31. The SMILES string of the molecule is N=CC(C#Cc1ccccc1)C=N. The van der Waals surface area contributed by atoms with Gasteiger partial charge in [-0.1, -0.05) is 30.0 Å². The van der Waals surface area contributed by atoms with Gasteiger partial charge in [0.1, 0.15) is 0 Å². The Hall–Kier alpha value is -1.88. The normalized spacial score (nSPS) is 10.8. The second kappa shape index (κ2) is 4.89. The smallest absolute Gasteiger partial charge is 0.0896 e. The summed E-state index contributed by atoms with van der Waals surface area (Å²) in [5, 5.41) is 13.9. The molecule has 0 spiro atoms. The van der Waals surface area contributed by atoms with Crippen LogP contribution in [0.25, 0.3) is 0 Å². The van der Waals surface area contributed by atoms with Crippen LogP contribution in [0.4, 0.5) is 0 Å². The lowest BCUT2D eigenvalue weighted by Gasteiger charge is -1.90. The molecule has 0 amide bonds. The first kappa shape index (κ1) is 9.21. The molecule has 1 rings (SSSR count). The van der Waals surface area contributed by atoms with Gasteiger partial charge in [-0.3, -0.25) is 0 Å². The second-order valence-electron chi connectivity index (χ2n) is 2.49. The summed E-state index contributed by atoms with van der Waals surface area (Å²) >= 11 is 0. The van der Waals surface area contributed by atoms with Crippen LogP contribution in [0.3, 0.4) is 0 Å². The highest BCUT2D eigenvalue weighted by Crippen LogP contribution is 1.95. The molecule has 0 saturated heterocycles. The third kappa shape index (κ3) is 2.92. The predicted molar refractivity (Wildman–Crippen MR) is 54.4 cm³/mol. The third-order valence-corrected chi connectivity index (χ3v) is 1.52. The minimum absolute atomic E-state index is 0.361. The van der Waals surface area contributed by atoms with E-state index in [-0.39, 0.29) is 5.92 Å². The Morgan fingerprint density at radius 2 is 1.69 bits per heavy atom. The van der Waals surface area contributed by atoms with Crippen molar-refractivity contribution in [2.75, 3.05) is 0 Å². The first-order chi connectivity index (χ1) is 6.36. The molecule has 1 aromatic rings. The lowest BCUT2D eigenvalue weighted by molar-refractivity contribution is 1.28. The van der Waals surface area contributed by atoms with Gasteiger partial charge in [0, 0.05) is 18.0 Å². The van der Waals surface area contributed by atoms with Crippen molar-refractivity contribution in [1.29, 1.82) is 10.8 Å². The summed E-state index contributed by atoms with van der Waals surface area (Å²) in [4.78, 5) is 0. The van der Waals surface area contributed by atoms with Gasteiger partial charge in [-0.25, -0.2) is 0 Å². The topological polar surface area (TPSA) is 47.7 Å². The molecule has 2 N–H and O–H groups in total. The van der Waals surface area contributed by atoms with Crippen LogP contribution in [-0.2, 0) is 0 Å². The van der Waals surface area contributed by atoms with Gasteiger partial charge in [0.25, 0.3) is 0 Å². The number of hydrogen-bond acceptors (Lipinski definition) is 2. The maximum absolute atomic E-state index is 6.95. The van der Waals surface area contributed by atoms with Gasteiger partial charge < -0.3 is 10.8 Å². The van der Waals surface area contributed by atoms with E-state index >= 15 is 0 Å². The average Bonchev–Trinajstić information content (AvgIpc) is 2.21. The highest BCUT2D eigenvalue weighted by molar-refractivity contribution is 5.84. The van der Waals surface area contributed by atoms with E-state index in [1.807, 2.05) is 30.3 Å². The monoisotopic (exact) mass is 170 g/mol. The number of rotatable bonds is 2. The molecule has 0 atom stereocenters. The molecule has 13 heavy (non-hydrogen) atoms. The second-order valence-corrected chi connectivity index (χ2v) is 2.49. The summed E-state index contributed by atoms with van der Waals surface area (Å²) < 4.78 is 0. The first-order valence-corrected chi connectivity index (χ1v) is 3.94. The third-order valence-electron chi connectivity index (χ3n) is 1.52. The predicted octanol–water partition coefficient (Wildman–Crippen LogP) is 1.95. The summed E-state index contributed by atoms with van der Waals surface area (Å²) in [5.74, 6) is 5.33. The largest absolute Gasteiger partial charge is 0.311 e. The number of nitrogens with one attached hydrogen (secondary N) is 2. The molecule has 2 nitrogen and oxygen atoms in total. The molecule has 0 radical (unpaired) electrons. The number of benzene rings is 1. The molecule has 0 aliphatic carbocycles. The van der Waals surface area contributed by atoms with Gasteiger partial charge in [0.2, 0.25) is 0 Å². The van der Waals surface area contributed by atoms with E-state index in [1.165, 1.54) is 0 Å². The fourth-order valence-corrected chi connectivity index (χ4v) is 0.820. The Morgan fingerprint density at radius 1 is 1.08 bits per heavy atom. The average molecular weight is 170 g/mol. The van der Waals surface area contributed by atoms with E-state index in [0.29, 0.717) is 0 Å². The lowest BCUT2D eigenvalue weighted by Crippen LogP contribution is -1.97. The Balaban J connectivity index is 2.77. The fraction of sp³-hybridized carbons (Fsp3) is 0.0909. The van der Waals surface area contributed by atoms with Crippen LogP contribution in [0.2, 0.25) is 0 Å². The minimum Gasteiger partial charge on any atom is -0.311 e. The standard InChI is InChI=1S/C11H10N2/c12-8-11(9-13)7-6-10-4-2-1-3-5-10/h1-5,8-9,11-13H. The molecule has 0 aliphatic rings. The van der Waals surface area contributed by atoms with Gasteiger partial charge in [0.05, 0.1) is 5.92 Å². The van der Waals surface area contributed by atoms with Crippen molar-refractivity contribution in [2.45, 2.75) is 0 Å². The van der Waals surface area contributed by atoms with Gasteiger partial charge in [-0.15, -0.1) is 0 Å². The zero-order chi connectivity index (χ0) is 9.52. The molecule has 0 fully saturated rings. The Bertz CT molecular complexity index is 335. The van der Waals surface area contributed by atoms with Crippen LogP contribution < -0.4 is 0 Å². The molecule has 0 unspecified atom stereocenters. The molecule has 2 heteroatoms. The van der Waals surface area contributed by atoms with Gasteiger partial charge in [-0.2, -0.15) is 0 Å². The maximum Gasteiger partial charge on any atom is 0.0896 e. The van der Waals surface area contributed by atoms with Crippen LogP contribution in [0, 0.1) is 28.6 Å². The highest BCUT2D eigenvalue weighted by Gasteiger charge is 1.91. The highest BCUT2D eigenvalue weighted by atomic mass is 14.4. The van der Waals surface area contributed by atoms with E-state index in [1.54, 1.807) is 0 Å². The zero-order valence-corrected chi connectivity index (χ0v) is 7.12. The van der Waals surface area contributed by atoms with Crippen LogP contribution in [0.5, 0.6) is 0 Å². The molecule has 1 aromatic carbocycles. The van der Waals surface area contributed by atoms with Crippen molar-refractivity contribution in [3.8, 4) is 11.8 Å². The van der Waals surface area contributed by atoms with Gasteiger partial charge in [0.15, 0.2) is 0 Å². The van der Waals surface area contributed by atoms with Crippen molar-refractivity contribution < 1.29 is 0 Å². The van der Waals surface area contributed by atoms with Crippen LogP contribution >= 0.6 is 0 Å². The van der Waals surface area contributed by atoms with Crippen molar-refractivity contribution in [2.24, 2.45) is 5.92 Å². The summed E-state index contributed by atoms with van der Waals surface area (Å²) in [6.45, 7) is 0. The van der Waals surface area contributed by atoms with Crippen molar-refractivity contribution in [3.05, 3.63) is 35.9 Å². The lowest BCUT2D eigenvalue weighted by atomic mass is 10.1. The van der Waals surface area contributed by atoms with E-state index in [0.717, 1.165) is 18.0 Å². The molecule has 0 aromatic heterocycles. The molecular weight excluding hydrogens is 160 g/mol. The van der Waals surface area contributed by atoms with Crippen molar-refractivity contribution in [3.63, 3.8) is 0 Å². The van der Waals surface area contributed by atoms with Crippen LogP contribution in [0.1, 0.15) is 5.56 Å². The Morgan fingerprint density at radius 3 is 2.23 bits per heavy atom. The molecule has 0 bridgehead atoms. The summed E-state index contributed by atoms with van der Waals surface area (Å²) in [5.41, 5.74) is 0.913. The Kier molecular flexibility index (Phi) is 3.46. The number of hydrogen-bond donors (Lipinski definition) is 2. The quantitative estimate of drug-likeness (QED) is 0.503. The molecule has 64 valence electrons. The minimum atomic E-state index is -0.361. The van der Waals surface area contributed by atoms with Gasteiger partial charge >= 0.3 is 0 Å². The molecule has 0 saturated carbocycles. The van der Waals surface area contributed by atoms with Crippen LogP contribution in [0.15, 0.2) is 30.3 Å². The van der Waals surface area contributed by atoms with E-state index < -0.39 is 0 Å². The molecular formula is C11H10N2. The Labute approximate surface area is 77.6 Å². The van der Waals surface area contributed by atoms with Crippen LogP contribution in [-0.4, -0.2) is 12.4 Å². The van der Waals surface area contributed by atoms with E-state index in [2.05, 4.69) is 11.8 Å². The van der Waals surface area contributed by atoms with Crippen molar-refractivity contribution in [1.82, 2.24) is 0 Å². The van der Waals surface area contributed by atoms with E-state index in [9.17, 15) is 0 Å². The molecule has 0 aliphatic heterocycles. The zero-order valence-electron chi connectivity index (χ0n) is 7.12. The van der Waals surface area contributed by atoms with Crippen molar-refractivity contribution >= 4 is 12.4 Å².